The van der Waals surface area contributed by atoms with E-state index in [4.69, 9.17) is 10.2 Å². The third-order valence-corrected chi connectivity index (χ3v) is 3.61. The first-order chi connectivity index (χ1) is 8.05. The van der Waals surface area contributed by atoms with Crippen LogP contribution in [-0.4, -0.2) is 29.4 Å². The first kappa shape index (κ1) is 12.2. The molecule has 94 valence electrons. The molecular formula is C13H20N2O2. The quantitative estimate of drug-likeness (QED) is 0.864. The standard InChI is InChI=1S/C13H20N2O2/c1-10-4-5-11(17-10)8-12(16)15-7-3-6-13(15,2)9-14/h4-5H,3,6-9,14H2,1-2H3. The van der Waals surface area contributed by atoms with E-state index in [2.05, 4.69) is 6.92 Å². The van der Waals surface area contributed by atoms with Crippen molar-refractivity contribution in [3.8, 4) is 0 Å². The molecular weight excluding hydrogens is 216 g/mol. The molecule has 1 fully saturated rings. The number of carbonyl (C=O) groups excluding carboxylic acids is 1. The molecule has 1 amide bonds. The number of nitrogens with two attached hydrogens (primary N) is 1. The number of amides is 1. The Morgan fingerprint density at radius 1 is 1.59 bits per heavy atom. The summed E-state index contributed by atoms with van der Waals surface area (Å²) in [6.07, 6.45) is 2.37. The van der Waals surface area contributed by atoms with Crippen molar-refractivity contribution < 1.29 is 9.21 Å². The molecule has 0 radical (unpaired) electrons. The second kappa shape index (κ2) is 4.53. The van der Waals surface area contributed by atoms with Crippen LogP contribution in [0, 0.1) is 6.92 Å². The molecule has 1 unspecified atom stereocenters. The Morgan fingerprint density at radius 2 is 2.35 bits per heavy atom. The van der Waals surface area contributed by atoms with Gasteiger partial charge in [-0.3, -0.25) is 4.79 Å². The Kier molecular flexibility index (Phi) is 3.24. The van der Waals surface area contributed by atoms with Gasteiger partial charge in [-0.2, -0.15) is 0 Å². The number of nitrogens with zero attached hydrogens (tertiary/aromatic N) is 1. The third kappa shape index (κ3) is 2.36. The minimum atomic E-state index is -0.168. The summed E-state index contributed by atoms with van der Waals surface area (Å²) in [6.45, 7) is 5.28. The molecule has 4 heteroatoms. The number of aryl methyl sites for hydroxylation is 1. The zero-order chi connectivity index (χ0) is 12.5. The lowest BCUT2D eigenvalue weighted by atomic mass is 9.99. The van der Waals surface area contributed by atoms with Crippen molar-refractivity contribution in [1.82, 2.24) is 4.90 Å². The summed E-state index contributed by atoms with van der Waals surface area (Å²) in [4.78, 5) is 14.1. The second-order valence-corrected chi connectivity index (χ2v) is 5.04. The van der Waals surface area contributed by atoms with Crippen LogP contribution in [0.2, 0.25) is 0 Å². The molecule has 1 saturated heterocycles. The lowest BCUT2D eigenvalue weighted by Crippen LogP contribution is -2.50. The summed E-state index contributed by atoms with van der Waals surface area (Å²) in [6, 6.07) is 3.75. The van der Waals surface area contributed by atoms with Gasteiger partial charge in [0.1, 0.15) is 11.5 Å². The lowest BCUT2D eigenvalue weighted by Gasteiger charge is -2.34. The maximum Gasteiger partial charge on any atom is 0.230 e. The predicted octanol–water partition coefficient (Wildman–Crippen LogP) is 1.47. The first-order valence-electron chi connectivity index (χ1n) is 6.11. The molecule has 17 heavy (non-hydrogen) atoms. The van der Waals surface area contributed by atoms with E-state index in [1.807, 2.05) is 24.0 Å². The van der Waals surface area contributed by atoms with Gasteiger partial charge < -0.3 is 15.1 Å². The van der Waals surface area contributed by atoms with E-state index in [1.54, 1.807) is 0 Å². The summed E-state index contributed by atoms with van der Waals surface area (Å²) in [5, 5.41) is 0. The molecule has 1 aliphatic heterocycles. The maximum atomic E-state index is 12.2. The van der Waals surface area contributed by atoms with Crippen molar-refractivity contribution in [1.29, 1.82) is 0 Å². The molecule has 0 spiro atoms. The largest absolute Gasteiger partial charge is 0.466 e. The van der Waals surface area contributed by atoms with Crippen molar-refractivity contribution in [3.63, 3.8) is 0 Å². The van der Waals surface area contributed by atoms with E-state index in [1.165, 1.54) is 0 Å². The van der Waals surface area contributed by atoms with Crippen LogP contribution in [0.25, 0.3) is 0 Å². The van der Waals surface area contributed by atoms with Crippen LogP contribution in [0.4, 0.5) is 0 Å². The van der Waals surface area contributed by atoms with E-state index in [-0.39, 0.29) is 11.4 Å². The SMILES string of the molecule is Cc1ccc(CC(=O)N2CCCC2(C)CN)o1. The number of hydrogen-bond acceptors (Lipinski definition) is 3. The lowest BCUT2D eigenvalue weighted by molar-refractivity contribution is -0.134. The van der Waals surface area contributed by atoms with Crippen LogP contribution >= 0.6 is 0 Å². The molecule has 1 aliphatic rings. The van der Waals surface area contributed by atoms with Crippen LogP contribution in [0.1, 0.15) is 31.3 Å². The summed E-state index contributed by atoms with van der Waals surface area (Å²) in [5.74, 6) is 1.69. The fourth-order valence-electron chi connectivity index (χ4n) is 2.49. The highest BCUT2D eigenvalue weighted by atomic mass is 16.3. The molecule has 2 rings (SSSR count). The highest BCUT2D eigenvalue weighted by molar-refractivity contribution is 5.79. The summed E-state index contributed by atoms with van der Waals surface area (Å²) in [7, 11) is 0. The van der Waals surface area contributed by atoms with E-state index in [9.17, 15) is 4.79 Å². The summed E-state index contributed by atoms with van der Waals surface area (Å²) in [5.41, 5.74) is 5.61. The number of likely N-dealkylation sites (tertiary alicyclic amines) is 1. The van der Waals surface area contributed by atoms with Crippen LogP contribution in [0.3, 0.4) is 0 Å². The Labute approximate surface area is 102 Å². The molecule has 0 aromatic carbocycles. The van der Waals surface area contributed by atoms with Gasteiger partial charge >= 0.3 is 0 Å². The minimum absolute atomic E-state index is 0.116. The zero-order valence-electron chi connectivity index (χ0n) is 10.5. The van der Waals surface area contributed by atoms with Gasteiger partial charge in [-0.05, 0) is 38.8 Å². The summed E-state index contributed by atoms with van der Waals surface area (Å²) < 4.78 is 5.44. The number of furan rings is 1. The van der Waals surface area contributed by atoms with E-state index < -0.39 is 0 Å². The summed E-state index contributed by atoms with van der Waals surface area (Å²) >= 11 is 0. The fraction of sp³-hybridized carbons (Fsp3) is 0.615. The van der Waals surface area contributed by atoms with E-state index in [0.29, 0.717) is 13.0 Å². The highest BCUT2D eigenvalue weighted by Crippen LogP contribution is 2.28. The van der Waals surface area contributed by atoms with Gasteiger partial charge in [-0.1, -0.05) is 0 Å². The highest BCUT2D eigenvalue weighted by Gasteiger charge is 2.38. The van der Waals surface area contributed by atoms with Gasteiger partial charge in [0.05, 0.1) is 12.0 Å². The van der Waals surface area contributed by atoms with Gasteiger partial charge in [0.2, 0.25) is 5.91 Å². The van der Waals surface area contributed by atoms with Crippen LogP contribution in [0.15, 0.2) is 16.5 Å². The molecule has 4 nitrogen and oxygen atoms in total. The minimum Gasteiger partial charge on any atom is -0.466 e. The first-order valence-corrected chi connectivity index (χ1v) is 6.11. The average Bonchev–Trinajstić information content (AvgIpc) is 2.86. The van der Waals surface area contributed by atoms with Crippen molar-refractivity contribution >= 4 is 5.91 Å². The third-order valence-electron chi connectivity index (χ3n) is 3.61. The van der Waals surface area contributed by atoms with Crippen molar-refractivity contribution in [2.45, 2.75) is 38.6 Å². The van der Waals surface area contributed by atoms with Gasteiger partial charge in [-0.15, -0.1) is 0 Å². The van der Waals surface area contributed by atoms with Gasteiger partial charge in [0, 0.05) is 13.1 Å². The normalized spacial score (nSPS) is 24.3. The Morgan fingerprint density at radius 3 is 2.94 bits per heavy atom. The monoisotopic (exact) mass is 236 g/mol. The van der Waals surface area contributed by atoms with E-state index >= 15 is 0 Å². The molecule has 0 saturated carbocycles. The second-order valence-electron chi connectivity index (χ2n) is 5.04. The zero-order valence-corrected chi connectivity index (χ0v) is 10.5. The fourth-order valence-corrected chi connectivity index (χ4v) is 2.49. The number of carbonyl (C=O) groups is 1. The van der Waals surface area contributed by atoms with Crippen LogP contribution < -0.4 is 5.73 Å². The average molecular weight is 236 g/mol. The molecule has 1 atom stereocenters. The number of rotatable bonds is 3. The predicted molar refractivity (Wildman–Crippen MR) is 65.6 cm³/mol. The Balaban J connectivity index is 2.05. The smallest absolute Gasteiger partial charge is 0.230 e. The maximum absolute atomic E-state index is 12.2. The molecule has 0 bridgehead atoms. The number of hydrogen-bond donors (Lipinski definition) is 1. The Bertz CT molecular complexity index is 413. The molecule has 2 N–H and O–H groups in total. The van der Waals surface area contributed by atoms with Crippen molar-refractivity contribution in [3.05, 3.63) is 23.7 Å². The van der Waals surface area contributed by atoms with E-state index in [0.717, 1.165) is 30.9 Å². The van der Waals surface area contributed by atoms with Crippen LogP contribution in [-0.2, 0) is 11.2 Å². The van der Waals surface area contributed by atoms with Gasteiger partial charge in [0.15, 0.2) is 0 Å². The molecule has 2 heterocycles. The van der Waals surface area contributed by atoms with Crippen LogP contribution in [0.5, 0.6) is 0 Å². The van der Waals surface area contributed by atoms with Crippen molar-refractivity contribution in [2.24, 2.45) is 5.73 Å². The molecule has 1 aromatic rings. The Hall–Kier alpha value is -1.29. The molecule has 1 aromatic heterocycles. The van der Waals surface area contributed by atoms with Crippen molar-refractivity contribution in [2.75, 3.05) is 13.1 Å². The van der Waals surface area contributed by atoms with Gasteiger partial charge in [0.25, 0.3) is 0 Å². The molecule has 0 aliphatic carbocycles. The van der Waals surface area contributed by atoms with Gasteiger partial charge in [-0.25, -0.2) is 0 Å². The topological polar surface area (TPSA) is 59.5 Å².